The molecule has 0 radical (unpaired) electrons. The maximum Gasteiger partial charge on any atom is 0.275 e. The summed E-state index contributed by atoms with van der Waals surface area (Å²) >= 11 is 1.16. The molecule has 2 aromatic rings. The number of nitrogens with zero attached hydrogens (tertiary/aromatic N) is 6. The van der Waals surface area contributed by atoms with E-state index in [0.29, 0.717) is 22.5 Å². The summed E-state index contributed by atoms with van der Waals surface area (Å²) in [5, 5.41) is 25.8. The summed E-state index contributed by atoms with van der Waals surface area (Å²) in [6.07, 6.45) is 0. The third-order valence-electron chi connectivity index (χ3n) is 2.13. The van der Waals surface area contributed by atoms with Gasteiger partial charge >= 0.3 is 0 Å². The van der Waals surface area contributed by atoms with Crippen LogP contribution in [0.1, 0.15) is 6.92 Å². The van der Waals surface area contributed by atoms with Crippen molar-refractivity contribution in [3.8, 4) is 0 Å². The van der Waals surface area contributed by atoms with E-state index >= 15 is 0 Å². The Kier molecular flexibility index (Phi) is 3.90. The Hall–Kier alpha value is -2.23. The van der Waals surface area contributed by atoms with Crippen molar-refractivity contribution in [2.24, 2.45) is 7.05 Å². The molecule has 0 amide bonds. The molecule has 0 spiro atoms. The van der Waals surface area contributed by atoms with E-state index in [1.165, 1.54) is 16.8 Å². The summed E-state index contributed by atoms with van der Waals surface area (Å²) in [6, 6.07) is 2.78. The van der Waals surface area contributed by atoms with Crippen LogP contribution in [0.25, 0.3) is 0 Å². The van der Waals surface area contributed by atoms with Crippen molar-refractivity contribution in [2.75, 3.05) is 11.9 Å². The quantitative estimate of drug-likeness (QED) is 0.640. The summed E-state index contributed by atoms with van der Waals surface area (Å²) in [5.74, 6) is 0.453. The highest BCUT2D eigenvalue weighted by atomic mass is 32.2. The Labute approximate surface area is 112 Å². The molecular weight excluding hydrogens is 270 g/mol. The second-order valence-electron chi connectivity index (χ2n) is 3.52. The number of hydrogen-bond acceptors (Lipinski definition) is 8. The predicted molar refractivity (Wildman–Crippen MR) is 68.0 cm³/mol. The highest BCUT2D eigenvalue weighted by Crippen LogP contribution is 2.28. The van der Waals surface area contributed by atoms with Crippen molar-refractivity contribution in [1.29, 1.82) is 0 Å². The maximum atomic E-state index is 10.9. The van der Waals surface area contributed by atoms with Crippen LogP contribution < -0.4 is 5.32 Å². The summed E-state index contributed by atoms with van der Waals surface area (Å²) in [5.41, 5.74) is -0.0245. The monoisotopic (exact) mass is 281 g/mol. The molecule has 2 heterocycles. The van der Waals surface area contributed by atoms with E-state index in [4.69, 9.17) is 0 Å². The van der Waals surface area contributed by atoms with Crippen LogP contribution >= 0.6 is 11.8 Å². The van der Waals surface area contributed by atoms with E-state index in [0.717, 1.165) is 11.8 Å². The number of nitro groups is 1. The van der Waals surface area contributed by atoms with Crippen molar-refractivity contribution in [2.45, 2.75) is 17.1 Å². The molecule has 0 aliphatic rings. The molecule has 10 heteroatoms. The number of anilines is 1. The minimum Gasteiger partial charge on any atom is -0.370 e. The lowest BCUT2D eigenvalue weighted by atomic mass is 10.4. The van der Waals surface area contributed by atoms with E-state index in [1.54, 1.807) is 7.05 Å². The average molecular weight is 281 g/mol. The standard InChI is InChI=1S/C9H11N7O2S/c1-3-10-7-4-6(16(17)18)5-8(11-7)19-9-12-13-14-15(9)2/h4-5H,3H2,1-2H3,(H,10,11). The zero-order chi connectivity index (χ0) is 13.8. The lowest BCUT2D eigenvalue weighted by molar-refractivity contribution is -0.385. The Bertz CT molecular complexity index is 600. The van der Waals surface area contributed by atoms with Crippen LogP contribution in [0.2, 0.25) is 0 Å². The number of nitrogens with one attached hydrogen (secondary N) is 1. The fraction of sp³-hybridized carbons (Fsp3) is 0.333. The number of aryl methyl sites for hydroxylation is 1. The molecule has 0 aromatic carbocycles. The zero-order valence-electron chi connectivity index (χ0n) is 10.3. The second-order valence-corrected chi connectivity index (χ2v) is 4.51. The Morgan fingerprint density at radius 2 is 2.32 bits per heavy atom. The lowest BCUT2D eigenvalue weighted by Gasteiger charge is -2.05. The first-order valence-electron chi connectivity index (χ1n) is 5.40. The maximum absolute atomic E-state index is 10.9. The average Bonchev–Trinajstić information content (AvgIpc) is 2.75. The molecule has 0 saturated carbocycles. The van der Waals surface area contributed by atoms with Crippen molar-refractivity contribution in [3.05, 3.63) is 22.2 Å². The first kappa shape index (κ1) is 13.2. The van der Waals surface area contributed by atoms with Crippen molar-refractivity contribution in [1.82, 2.24) is 25.2 Å². The minimum absolute atomic E-state index is 0.0245. The SMILES string of the molecule is CCNc1cc([N+](=O)[O-])cc(Sc2nnnn2C)n1. The smallest absolute Gasteiger partial charge is 0.275 e. The van der Waals surface area contributed by atoms with Gasteiger partial charge in [0.15, 0.2) is 0 Å². The molecule has 100 valence electrons. The number of rotatable bonds is 5. The molecule has 0 fully saturated rings. The topological polar surface area (TPSA) is 112 Å². The number of hydrogen-bond donors (Lipinski definition) is 1. The van der Waals surface area contributed by atoms with Crippen molar-refractivity contribution in [3.63, 3.8) is 0 Å². The van der Waals surface area contributed by atoms with Crippen molar-refractivity contribution >= 4 is 23.3 Å². The van der Waals surface area contributed by atoms with Gasteiger partial charge in [-0.3, -0.25) is 10.1 Å². The Morgan fingerprint density at radius 3 is 2.89 bits per heavy atom. The third kappa shape index (κ3) is 3.16. The van der Waals surface area contributed by atoms with Crippen LogP contribution in [-0.2, 0) is 7.05 Å². The van der Waals surface area contributed by atoms with Gasteiger partial charge in [0.2, 0.25) is 5.16 Å². The Balaban J connectivity index is 2.33. The van der Waals surface area contributed by atoms with Gasteiger partial charge in [0, 0.05) is 19.7 Å². The summed E-state index contributed by atoms with van der Waals surface area (Å²) in [6.45, 7) is 2.52. The summed E-state index contributed by atoms with van der Waals surface area (Å²) in [4.78, 5) is 14.7. The molecule has 2 rings (SSSR count). The Morgan fingerprint density at radius 1 is 1.53 bits per heavy atom. The van der Waals surface area contributed by atoms with Crippen LogP contribution in [0.15, 0.2) is 22.3 Å². The van der Waals surface area contributed by atoms with E-state index in [2.05, 4.69) is 25.8 Å². The van der Waals surface area contributed by atoms with Gasteiger partial charge in [0.1, 0.15) is 10.8 Å². The lowest BCUT2D eigenvalue weighted by Crippen LogP contribution is -2.02. The largest absolute Gasteiger partial charge is 0.370 e. The molecule has 0 aliphatic carbocycles. The normalized spacial score (nSPS) is 10.4. The van der Waals surface area contributed by atoms with Gasteiger partial charge in [-0.25, -0.2) is 9.67 Å². The van der Waals surface area contributed by atoms with E-state index in [9.17, 15) is 10.1 Å². The molecule has 0 unspecified atom stereocenters. The van der Waals surface area contributed by atoms with E-state index < -0.39 is 4.92 Å². The van der Waals surface area contributed by atoms with Crippen molar-refractivity contribution < 1.29 is 4.92 Å². The second kappa shape index (κ2) is 5.61. The molecule has 9 nitrogen and oxygen atoms in total. The summed E-state index contributed by atoms with van der Waals surface area (Å²) < 4.78 is 1.47. The van der Waals surface area contributed by atoms with Gasteiger partial charge in [0.25, 0.3) is 5.69 Å². The first-order chi connectivity index (χ1) is 9.10. The highest BCUT2D eigenvalue weighted by Gasteiger charge is 2.14. The van der Waals surface area contributed by atoms with Crippen LogP contribution in [0.5, 0.6) is 0 Å². The van der Waals surface area contributed by atoms with E-state index in [1.807, 2.05) is 6.92 Å². The van der Waals surface area contributed by atoms with Crippen LogP contribution in [0, 0.1) is 10.1 Å². The molecular formula is C9H11N7O2S. The van der Waals surface area contributed by atoms with Gasteiger partial charge in [-0.15, -0.1) is 5.10 Å². The minimum atomic E-state index is -0.457. The van der Waals surface area contributed by atoms with Crippen LogP contribution in [0.4, 0.5) is 11.5 Å². The predicted octanol–water partition coefficient (Wildman–Crippen LogP) is 1.10. The molecule has 0 atom stereocenters. The van der Waals surface area contributed by atoms with Crippen LogP contribution in [-0.4, -0.2) is 36.7 Å². The molecule has 1 N–H and O–H groups in total. The molecule has 19 heavy (non-hydrogen) atoms. The van der Waals surface area contributed by atoms with Gasteiger partial charge in [0.05, 0.1) is 11.0 Å². The van der Waals surface area contributed by atoms with Gasteiger partial charge < -0.3 is 5.32 Å². The number of pyridine rings is 1. The fourth-order valence-electron chi connectivity index (χ4n) is 1.32. The fourth-order valence-corrected chi connectivity index (χ4v) is 2.08. The third-order valence-corrected chi connectivity index (χ3v) is 3.08. The molecule has 0 bridgehead atoms. The number of aromatic nitrogens is 5. The van der Waals surface area contributed by atoms with Gasteiger partial charge in [-0.2, -0.15) is 0 Å². The summed E-state index contributed by atoms with van der Waals surface area (Å²) in [7, 11) is 1.69. The van der Waals surface area contributed by atoms with Gasteiger partial charge in [-0.05, 0) is 29.1 Å². The molecule has 0 aliphatic heterocycles. The van der Waals surface area contributed by atoms with E-state index in [-0.39, 0.29) is 5.69 Å². The molecule has 2 aromatic heterocycles. The first-order valence-corrected chi connectivity index (χ1v) is 6.22. The number of tetrazole rings is 1. The van der Waals surface area contributed by atoms with Gasteiger partial charge in [-0.1, -0.05) is 0 Å². The molecule has 0 saturated heterocycles. The highest BCUT2D eigenvalue weighted by molar-refractivity contribution is 7.99. The zero-order valence-corrected chi connectivity index (χ0v) is 11.1. The van der Waals surface area contributed by atoms with Crippen LogP contribution in [0.3, 0.4) is 0 Å².